The lowest BCUT2D eigenvalue weighted by molar-refractivity contribution is 0.0378. The first-order chi connectivity index (χ1) is 10.2. The predicted molar refractivity (Wildman–Crippen MR) is 75.6 cm³/mol. The molecule has 2 aromatic heterocycles. The third-order valence-corrected chi connectivity index (χ3v) is 3.87. The van der Waals surface area contributed by atoms with E-state index in [9.17, 15) is 15.0 Å². The van der Waals surface area contributed by atoms with Gasteiger partial charge in [-0.25, -0.2) is 9.78 Å². The summed E-state index contributed by atoms with van der Waals surface area (Å²) >= 11 is 0. The topological polar surface area (TPSA) is 96.1 Å². The molecule has 0 spiro atoms. The van der Waals surface area contributed by atoms with Crippen LogP contribution in [0.1, 0.15) is 23.3 Å². The lowest BCUT2D eigenvalue weighted by atomic mass is 9.91. The Morgan fingerprint density at radius 2 is 2.19 bits per heavy atom. The number of pyridine rings is 1. The first kappa shape index (κ1) is 13.8. The zero-order chi connectivity index (χ0) is 14.9. The maximum atomic E-state index is 11.5. The van der Waals surface area contributed by atoms with Crippen molar-refractivity contribution in [3.8, 4) is 0 Å². The molecule has 0 radical (unpaired) electrons. The summed E-state index contributed by atoms with van der Waals surface area (Å²) in [5.74, 6) is -0.777. The lowest BCUT2D eigenvalue weighted by Gasteiger charge is -2.36. The number of aromatic nitrogens is 2. The predicted octanol–water partition coefficient (Wildman–Crippen LogP) is 0.986. The van der Waals surface area contributed by atoms with Gasteiger partial charge in [0.15, 0.2) is 11.5 Å². The number of carboxylic acid groups (broad SMARTS) is 1. The van der Waals surface area contributed by atoms with Crippen molar-refractivity contribution in [2.45, 2.75) is 18.4 Å². The quantitative estimate of drug-likeness (QED) is 0.777. The number of fused-ring (bicyclic) bond motifs is 1. The molecule has 3 rings (SSSR count). The van der Waals surface area contributed by atoms with Crippen LogP contribution < -0.4 is 5.32 Å². The fourth-order valence-electron chi connectivity index (χ4n) is 2.62. The third kappa shape index (κ3) is 2.45. The van der Waals surface area contributed by atoms with E-state index in [2.05, 4.69) is 10.3 Å². The van der Waals surface area contributed by atoms with Gasteiger partial charge in [-0.3, -0.25) is 4.40 Å². The molecule has 1 aliphatic rings. The first-order valence-electron chi connectivity index (χ1n) is 6.82. The van der Waals surface area contributed by atoms with Gasteiger partial charge in [0.25, 0.3) is 0 Å². The molecule has 0 amide bonds. The van der Waals surface area contributed by atoms with E-state index in [0.717, 1.165) is 0 Å². The van der Waals surface area contributed by atoms with Gasteiger partial charge in [-0.15, -0.1) is 0 Å². The monoisotopic (exact) mass is 291 g/mol. The van der Waals surface area contributed by atoms with Crippen LogP contribution in [0.4, 0.5) is 5.82 Å². The lowest BCUT2D eigenvalue weighted by Crippen LogP contribution is -2.47. The Hall–Kier alpha value is -2.12. The summed E-state index contributed by atoms with van der Waals surface area (Å²) in [7, 11) is 0. The van der Waals surface area contributed by atoms with Crippen LogP contribution in [0.5, 0.6) is 0 Å². The van der Waals surface area contributed by atoms with Crippen molar-refractivity contribution in [3.05, 3.63) is 30.1 Å². The highest BCUT2D eigenvalue weighted by Gasteiger charge is 2.34. The van der Waals surface area contributed by atoms with Gasteiger partial charge in [0.05, 0.1) is 12.1 Å². The van der Waals surface area contributed by atoms with Crippen molar-refractivity contribution >= 4 is 17.4 Å². The Labute approximate surface area is 121 Å². The molecule has 7 nitrogen and oxygen atoms in total. The van der Waals surface area contributed by atoms with Gasteiger partial charge < -0.3 is 20.3 Å². The van der Waals surface area contributed by atoms with E-state index in [-0.39, 0.29) is 18.1 Å². The Morgan fingerprint density at radius 3 is 2.86 bits per heavy atom. The van der Waals surface area contributed by atoms with Gasteiger partial charge in [0.2, 0.25) is 0 Å². The number of aliphatic hydroxyl groups is 1. The molecule has 3 heterocycles. The van der Waals surface area contributed by atoms with Crippen molar-refractivity contribution in [1.29, 1.82) is 0 Å². The standard InChI is InChI=1S/C14H17N3O4/c18-9-14(4-7-21-8-5-14)16-12-11(13(19)20)17-6-2-1-3-10(17)15-12/h1-3,6,16,18H,4-5,7-9H2,(H,19,20). The van der Waals surface area contributed by atoms with Crippen molar-refractivity contribution in [1.82, 2.24) is 9.38 Å². The van der Waals surface area contributed by atoms with Gasteiger partial charge in [0.1, 0.15) is 5.65 Å². The van der Waals surface area contributed by atoms with Crippen LogP contribution in [0.3, 0.4) is 0 Å². The Morgan fingerprint density at radius 1 is 1.43 bits per heavy atom. The summed E-state index contributed by atoms with van der Waals surface area (Å²) in [6, 6.07) is 5.29. The highest BCUT2D eigenvalue weighted by Crippen LogP contribution is 2.28. The minimum atomic E-state index is -1.06. The smallest absolute Gasteiger partial charge is 0.356 e. The number of aliphatic hydroxyl groups excluding tert-OH is 1. The second-order valence-corrected chi connectivity index (χ2v) is 5.22. The van der Waals surface area contributed by atoms with Crippen molar-refractivity contribution in [3.63, 3.8) is 0 Å². The van der Waals surface area contributed by atoms with Crippen LogP contribution >= 0.6 is 0 Å². The number of carboxylic acids is 1. The Bertz CT molecular complexity index is 661. The molecular weight excluding hydrogens is 274 g/mol. The van der Waals surface area contributed by atoms with Gasteiger partial charge in [-0.2, -0.15) is 0 Å². The van der Waals surface area contributed by atoms with E-state index in [0.29, 0.717) is 31.7 Å². The molecule has 0 aromatic carbocycles. The molecule has 0 bridgehead atoms. The Balaban J connectivity index is 2.03. The van der Waals surface area contributed by atoms with Crippen LogP contribution in [0, 0.1) is 0 Å². The first-order valence-corrected chi connectivity index (χ1v) is 6.82. The molecule has 0 aliphatic carbocycles. The molecule has 1 fully saturated rings. The summed E-state index contributed by atoms with van der Waals surface area (Å²) < 4.78 is 6.83. The van der Waals surface area contributed by atoms with Gasteiger partial charge in [0, 0.05) is 19.4 Å². The molecule has 3 N–H and O–H groups in total. The molecule has 1 saturated heterocycles. The van der Waals surface area contributed by atoms with Crippen LogP contribution in [0.25, 0.3) is 5.65 Å². The summed E-state index contributed by atoms with van der Waals surface area (Å²) in [6.07, 6.45) is 2.87. The number of anilines is 1. The number of nitrogens with zero attached hydrogens (tertiary/aromatic N) is 2. The van der Waals surface area contributed by atoms with Gasteiger partial charge >= 0.3 is 5.97 Å². The summed E-state index contributed by atoms with van der Waals surface area (Å²) in [5, 5.41) is 22.3. The number of rotatable bonds is 4. The summed E-state index contributed by atoms with van der Waals surface area (Å²) in [5.41, 5.74) is 0.0443. The number of imidazole rings is 1. The molecule has 1 aliphatic heterocycles. The maximum absolute atomic E-state index is 11.5. The summed E-state index contributed by atoms with van der Waals surface area (Å²) in [6.45, 7) is 0.968. The van der Waals surface area contributed by atoms with Gasteiger partial charge in [-0.1, -0.05) is 6.07 Å². The van der Waals surface area contributed by atoms with Crippen LogP contribution in [0.2, 0.25) is 0 Å². The second-order valence-electron chi connectivity index (χ2n) is 5.22. The molecule has 0 saturated carbocycles. The fraction of sp³-hybridized carbons (Fsp3) is 0.429. The number of hydrogen-bond acceptors (Lipinski definition) is 5. The highest BCUT2D eigenvalue weighted by atomic mass is 16.5. The number of aromatic carboxylic acids is 1. The molecule has 112 valence electrons. The van der Waals surface area contributed by atoms with Crippen molar-refractivity contribution in [2.75, 3.05) is 25.1 Å². The van der Waals surface area contributed by atoms with E-state index in [1.165, 1.54) is 4.40 Å². The minimum absolute atomic E-state index is 0.0740. The fourth-order valence-corrected chi connectivity index (χ4v) is 2.62. The van der Waals surface area contributed by atoms with Crippen LogP contribution in [-0.4, -0.2) is 50.9 Å². The van der Waals surface area contributed by atoms with E-state index in [1.807, 2.05) is 0 Å². The molecule has 21 heavy (non-hydrogen) atoms. The SMILES string of the molecule is O=C(O)c1c(NC2(CO)CCOCC2)nc2ccccn12. The average molecular weight is 291 g/mol. The van der Waals surface area contributed by atoms with Crippen LogP contribution in [0.15, 0.2) is 24.4 Å². The molecule has 2 aromatic rings. The second kappa shape index (κ2) is 5.34. The molecule has 0 atom stereocenters. The zero-order valence-corrected chi connectivity index (χ0v) is 11.5. The normalized spacial score (nSPS) is 17.8. The summed E-state index contributed by atoms with van der Waals surface area (Å²) in [4.78, 5) is 15.9. The number of ether oxygens (including phenoxy) is 1. The van der Waals surface area contributed by atoms with Gasteiger partial charge in [-0.05, 0) is 25.0 Å². The molecule has 7 heteroatoms. The van der Waals surface area contributed by atoms with E-state index in [1.54, 1.807) is 24.4 Å². The molecular formula is C14H17N3O4. The third-order valence-electron chi connectivity index (χ3n) is 3.87. The van der Waals surface area contributed by atoms with Crippen molar-refractivity contribution < 1.29 is 19.7 Å². The van der Waals surface area contributed by atoms with Crippen LogP contribution in [-0.2, 0) is 4.74 Å². The largest absolute Gasteiger partial charge is 0.476 e. The van der Waals surface area contributed by atoms with E-state index < -0.39 is 11.5 Å². The van der Waals surface area contributed by atoms with Crippen molar-refractivity contribution in [2.24, 2.45) is 0 Å². The molecule has 0 unspecified atom stereocenters. The highest BCUT2D eigenvalue weighted by molar-refractivity contribution is 5.93. The maximum Gasteiger partial charge on any atom is 0.356 e. The van der Waals surface area contributed by atoms with E-state index >= 15 is 0 Å². The van der Waals surface area contributed by atoms with E-state index in [4.69, 9.17) is 4.74 Å². The average Bonchev–Trinajstić information content (AvgIpc) is 2.85. The number of hydrogen-bond donors (Lipinski definition) is 3. The Kier molecular flexibility index (Phi) is 3.52. The zero-order valence-electron chi connectivity index (χ0n) is 11.5. The number of nitrogens with one attached hydrogen (secondary N) is 1. The number of carbonyl (C=O) groups is 1. The minimum Gasteiger partial charge on any atom is -0.476 e.